The van der Waals surface area contributed by atoms with Gasteiger partial charge in [-0.1, -0.05) is 33.1 Å². The van der Waals surface area contributed by atoms with Crippen molar-refractivity contribution in [3.63, 3.8) is 0 Å². The van der Waals surface area contributed by atoms with Crippen molar-refractivity contribution in [2.24, 2.45) is 11.8 Å². The van der Waals surface area contributed by atoms with Crippen molar-refractivity contribution in [2.45, 2.75) is 76.8 Å². The predicted molar refractivity (Wildman–Crippen MR) is 88.0 cm³/mol. The Labute approximate surface area is 131 Å². The number of hydrogen-bond acceptors (Lipinski definition) is 3. The summed E-state index contributed by atoms with van der Waals surface area (Å²) in [5.41, 5.74) is -0.241. The Morgan fingerprint density at radius 2 is 2.10 bits per heavy atom. The Kier molecular flexibility index (Phi) is 6.08. The highest BCUT2D eigenvalue weighted by Gasteiger charge is 2.42. The summed E-state index contributed by atoms with van der Waals surface area (Å²) in [6, 6.07) is 3.38. The second-order valence-corrected chi connectivity index (χ2v) is 7.40. The monoisotopic (exact) mass is 291 g/mol. The van der Waals surface area contributed by atoms with Crippen LogP contribution in [0.15, 0.2) is 0 Å². The Morgan fingerprint density at radius 1 is 1.29 bits per heavy atom. The van der Waals surface area contributed by atoms with Crippen molar-refractivity contribution in [1.29, 1.82) is 5.26 Å². The van der Waals surface area contributed by atoms with Crippen LogP contribution in [0, 0.1) is 23.2 Å². The Balaban J connectivity index is 1.85. The van der Waals surface area contributed by atoms with Gasteiger partial charge >= 0.3 is 0 Å². The molecular weight excluding hydrogens is 258 g/mol. The summed E-state index contributed by atoms with van der Waals surface area (Å²) in [4.78, 5) is 2.57. The van der Waals surface area contributed by atoms with E-state index < -0.39 is 0 Å². The molecule has 4 unspecified atom stereocenters. The smallest absolute Gasteiger partial charge is 0.109 e. The van der Waals surface area contributed by atoms with Gasteiger partial charge in [0.25, 0.3) is 0 Å². The van der Waals surface area contributed by atoms with E-state index >= 15 is 0 Å². The van der Waals surface area contributed by atoms with Gasteiger partial charge in [-0.25, -0.2) is 0 Å². The minimum absolute atomic E-state index is 0.241. The second-order valence-electron chi connectivity index (χ2n) is 7.40. The van der Waals surface area contributed by atoms with Gasteiger partial charge < -0.3 is 4.90 Å². The summed E-state index contributed by atoms with van der Waals surface area (Å²) in [5.74, 6) is 1.42. The fraction of sp³-hybridized carbons (Fsp3) is 0.944. The van der Waals surface area contributed by atoms with Gasteiger partial charge in [0.05, 0.1) is 6.07 Å². The Hall–Kier alpha value is -0.590. The lowest BCUT2D eigenvalue weighted by molar-refractivity contribution is 0.149. The molecule has 0 aliphatic heterocycles. The highest BCUT2D eigenvalue weighted by molar-refractivity contribution is 5.14. The molecule has 0 heterocycles. The summed E-state index contributed by atoms with van der Waals surface area (Å²) in [6.45, 7) is 6.56. The summed E-state index contributed by atoms with van der Waals surface area (Å²) in [7, 11) is 2.29. The van der Waals surface area contributed by atoms with Crippen LogP contribution in [-0.2, 0) is 0 Å². The van der Waals surface area contributed by atoms with Crippen molar-refractivity contribution in [3.05, 3.63) is 0 Å². The lowest BCUT2D eigenvalue weighted by Gasteiger charge is -2.36. The predicted octanol–water partition coefficient (Wildman–Crippen LogP) is 3.56. The molecule has 21 heavy (non-hydrogen) atoms. The normalized spacial score (nSPS) is 36.8. The molecule has 2 fully saturated rings. The van der Waals surface area contributed by atoms with Gasteiger partial charge in [-0.15, -0.1) is 0 Å². The quantitative estimate of drug-likeness (QED) is 0.813. The van der Waals surface area contributed by atoms with E-state index in [4.69, 9.17) is 0 Å². The number of hydrogen-bond donors (Lipinski definition) is 1. The molecule has 2 aliphatic rings. The molecule has 0 spiro atoms. The first kappa shape index (κ1) is 16.8. The average molecular weight is 291 g/mol. The summed E-state index contributed by atoms with van der Waals surface area (Å²) in [5, 5.41) is 13.1. The van der Waals surface area contributed by atoms with E-state index in [9.17, 15) is 5.26 Å². The van der Waals surface area contributed by atoms with Crippen LogP contribution in [0.5, 0.6) is 0 Å². The van der Waals surface area contributed by atoms with Crippen molar-refractivity contribution in [3.8, 4) is 6.07 Å². The molecule has 3 heteroatoms. The standard InChI is InChI=1S/C18H33N3/c1-4-20-18(14-19)11-6-8-16(18)10-12-21(3)17-9-5-7-15(2)13-17/h15-17,20H,4-13H2,1-3H3. The lowest BCUT2D eigenvalue weighted by atomic mass is 9.84. The van der Waals surface area contributed by atoms with Gasteiger partial charge in [0.1, 0.15) is 5.54 Å². The lowest BCUT2D eigenvalue weighted by Crippen LogP contribution is -2.48. The van der Waals surface area contributed by atoms with Crippen molar-refractivity contribution < 1.29 is 0 Å². The summed E-state index contributed by atoms with van der Waals surface area (Å²) >= 11 is 0. The van der Waals surface area contributed by atoms with Crippen LogP contribution < -0.4 is 5.32 Å². The molecule has 2 saturated carbocycles. The minimum Gasteiger partial charge on any atom is -0.303 e. The van der Waals surface area contributed by atoms with E-state index in [0.717, 1.165) is 31.5 Å². The molecule has 0 aromatic carbocycles. The maximum atomic E-state index is 9.64. The molecule has 0 radical (unpaired) electrons. The van der Waals surface area contributed by atoms with Gasteiger partial charge in [-0.3, -0.25) is 5.32 Å². The van der Waals surface area contributed by atoms with Crippen LogP contribution in [0.2, 0.25) is 0 Å². The highest BCUT2D eigenvalue weighted by atomic mass is 15.1. The number of rotatable bonds is 6. The van der Waals surface area contributed by atoms with Gasteiger partial charge in [0, 0.05) is 6.04 Å². The zero-order valence-electron chi connectivity index (χ0n) is 14.2. The van der Waals surface area contributed by atoms with Gasteiger partial charge in [-0.2, -0.15) is 5.26 Å². The molecule has 0 aromatic heterocycles. The average Bonchev–Trinajstić information content (AvgIpc) is 2.88. The van der Waals surface area contributed by atoms with Crippen LogP contribution in [-0.4, -0.2) is 36.6 Å². The SMILES string of the molecule is CCNC1(C#N)CCCC1CCN(C)C1CCCC(C)C1. The van der Waals surface area contributed by atoms with Gasteiger partial charge in [0.2, 0.25) is 0 Å². The molecule has 0 aromatic rings. The van der Waals surface area contributed by atoms with E-state index in [1.165, 1.54) is 44.9 Å². The first-order valence-corrected chi connectivity index (χ1v) is 8.97. The van der Waals surface area contributed by atoms with Crippen molar-refractivity contribution >= 4 is 0 Å². The molecule has 0 amide bonds. The number of nitrogens with zero attached hydrogens (tertiary/aromatic N) is 2. The topological polar surface area (TPSA) is 39.1 Å². The molecular formula is C18H33N3. The Bertz CT molecular complexity index is 362. The van der Waals surface area contributed by atoms with Crippen LogP contribution in [0.25, 0.3) is 0 Å². The van der Waals surface area contributed by atoms with E-state index in [-0.39, 0.29) is 5.54 Å². The first-order valence-electron chi connectivity index (χ1n) is 8.97. The van der Waals surface area contributed by atoms with Crippen LogP contribution in [0.3, 0.4) is 0 Å². The fourth-order valence-electron chi connectivity index (χ4n) is 4.55. The third-order valence-corrected chi connectivity index (χ3v) is 5.87. The van der Waals surface area contributed by atoms with Crippen LogP contribution in [0.1, 0.15) is 65.2 Å². The zero-order chi connectivity index (χ0) is 15.3. The highest BCUT2D eigenvalue weighted by Crippen LogP contribution is 2.38. The van der Waals surface area contributed by atoms with Gasteiger partial charge in [-0.05, 0) is 64.1 Å². The van der Waals surface area contributed by atoms with E-state index in [1.807, 2.05) is 0 Å². The van der Waals surface area contributed by atoms with Crippen LogP contribution in [0.4, 0.5) is 0 Å². The number of nitriles is 1. The molecule has 0 bridgehead atoms. The summed E-state index contributed by atoms with van der Waals surface area (Å²) in [6.07, 6.45) is 10.1. The third-order valence-electron chi connectivity index (χ3n) is 5.87. The zero-order valence-corrected chi connectivity index (χ0v) is 14.2. The van der Waals surface area contributed by atoms with Crippen LogP contribution >= 0.6 is 0 Å². The largest absolute Gasteiger partial charge is 0.303 e. The van der Waals surface area contributed by atoms with Gasteiger partial charge in [0.15, 0.2) is 0 Å². The molecule has 4 atom stereocenters. The van der Waals surface area contributed by atoms with Crippen molar-refractivity contribution in [1.82, 2.24) is 10.2 Å². The summed E-state index contributed by atoms with van der Waals surface area (Å²) < 4.78 is 0. The third kappa shape index (κ3) is 3.99. The maximum Gasteiger partial charge on any atom is 0.109 e. The molecule has 2 rings (SSSR count). The molecule has 1 N–H and O–H groups in total. The van der Waals surface area contributed by atoms with E-state index in [0.29, 0.717) is 5.92 Å². The molecule has 3 nitrogen and oxygen atoms in total. The molecule has 2 aliphatic carbocycles. The second kappa shape index (κ2) is 7.61. The number of nitrogens with one attached hydrogen (secondary N) is 1. The minimum atomic E-state index is -0.241. The fourth-order valence-corrected chi connectivity index (χ4v) is 4.55. The first-order chi connectivity index (χ1) is 10.1. The van der Waals surface area contributed by atoms with E-state index in [2.05, 4.69) is 37.2 Å². The van der Waals surface area contributed by atoms with Crippen molar-refractivity contribution in [2.75, 3.05) is 20.1 Å². The molecule has 120 valence electrons. The van der Waals surface area contributed by atoms with E-state index in [1.54, 1.807) is 0 Å². The molecule has 0 saturated heterocycles. The Morgan fingerprint density at radius 3 is 2.76 bits per heavy atom. The maximum absolute atomic E-state index is 9.64.